The number of hydrogen-bond acceptors (Lipinski definition) is 2. The molecular weight excluding hydrogens is 364 g/mol. The van der Waals surface area contributed by atoms with E-state index < -0.39 is 0 Å². The van der Waals surface area contributed by atoms with E-state index in [1.807, 2.05) is 0 Å². The van der Waals surface area contributed by atoms with E-state index >= 15 is 0 Å². The Hall–Kier alpha value is -0.0800. The molecule has 0 aromatic carbocycles. The van der Waals surface area contributed by atoms with Crippen LogP contribution in [0.15, 0.2) is 0 Å². The third-order valence-corrected chi connectivity index (χ3v) is 6.88. The molecule has 0 aliphatic rings. The maximum atomic E-state index is 3.88. The van der Waals surface area contributed by atoms with Crippen LogP contribution in [0.25, 0.3) is 0 Å². The summed E-state index contributed by atoms with van der Waals surface area (Å²) in [5.74, 6) is 1.74. The van der Waals surface area contributed by atoms with Crippen LogP contribution in [0.1, 0.15) is 137 Å². The highest BCUT2D eigenvalue weighted by Crippen LogP contribution is 2.16. The van der Waals surface area contributed by atoms with Gasteiger partial charge in [0.1, 0.15) is 0 Å². The van der Waals surface area contributed by atoms with Gasteiger partial charge in [-0.3, -0.25) is 0 Å². The third kappa shape index (κ3) is 18.7. The average Bonchev–Trinajstić information content (AvgIpc) is 2.76. The molecule has 182 valence electrons. The highest BCUT2D eigenvalue weighted by molar-refractivity contribution is 4.69. The molecule has 0 saturated heterocycles. The lowest BCUT2D eigenvalue weighted by Crippen LogP contribution is -2.32. The molecule has 0 aromatic heterocycles. The first-order valence-electron chi connectivity index (χ1n) is 14.1. The minimum atomic E-state index is 0.863. The standard InChI is InChI=1S/C28H60N2/c1-6-11-15-17-22-30(23-18-16-12-7-2)24-21-28(20-14-9-4)26-29-25-27(10-5)19-13-8-3/h27-29H,6-26H2,1-5H3. The van der Waals surface area contributed by atoms with Crippen molar-refractivity contribution < 1.29 is 0 Å². The molecule has 0 aliphatic heterocycles. The summed E-state index contributed by atoms with van der Waals surface area (Å²) in [7, 11) is 0. The van der Waals surface area contributed by atoms with Gasteiger partial charge in [0.25, 0.3) is 0 Å². The van der Waals surface area contributed by atoms with E-state index in [1.165, 1.54) is 135 Å². The third-order valence-electron chi connectivity index (χ3n) is 6.88. The van der Waals surface area contributed by atoms with Crippen LogP contribution >= 0.6 is 0 Å². The molecule has 0 bridgehead atoms. The van der Waals surface area contributed by atoms with Gasteiger partial charge in [0.2, 0.25) is 0 Å². The molecule has 0 fully saturated rings. The van der Waals surface area contributed by atoms with Crippen molar-refractivity contribution in [2.45, 2.75) is 137 Å². The molecule has 0 aliphatic carbocycles. The zero-order chi connectivity index (χ0) is 22.3. The number of nitrogens with zero attached hydrogens (tertiary/aromatic N) is 1. The molecule has 0 spiro atoms. The Bertz CT molecular complexity index is 306. The minimum Gasteiger partial charge on any atom is -0.316 e. The van der Waals surface area contributed by atoms with E-state index in [9.17, 15) is 0 Å². The van der Waals surface area contributed by atoms with Gasteiger partial charge < -0.3 is 10.2 Å². The Kier molecular flexibility index (Phi) is 23.5. The lowest BCUT2D eigenvalue weighted by Gasteiger charge is -2.26. The molecule has 0 saturated carbocycles. The Labute approximate surface area is 192 Å². The van der Waals surface area contributed by atoms with Crippen molar-refractivity contribution in [3.63, 3.8) is 0 Å². The smallest absolute Gasteiger partial charge is 0.00156 e. The first kappa shape index (κ1) is 29.9. The highest BCUT2D eigenvalue weighted by Gasteiger charge is 2.13. The topological polar surface area (TPSA) is 15.3 Å². The predicted octanol–water partition coefficient (Wildman–Crippen LogP) is 8.45. The Morgan fingerprint density at radius 3 is 1.50 bits per heavy atom. The van der Waals surface area contributed by atoms with E-state index in [0.717, 1.165) is 11.8 Å². The normalized spacial score (nSPS) is 13.8. The van der Waals surface area contributed by atoms with Crippen molar-refractivity contribution in [2.75, 3.05) is 32.7 Å². The van der Waals surface area contributed by atoms with E-state index in [-0.39, 0.29) is 0 Å². The van der Waals surface area contributed by atoms with Gasteiger partial charge in [-0.1, -0.05) is 105 Å². The van der Waals surface area contributed by atoms with Crippen LogP contribution in [-0.4, -0.2) is 37.6 Å². The maximum Gasteiger partial charge on any atom is -0.00156 e. The highest BCUT2D eigenvalue weighted by atomic mass is 15.1. The first-order chi connectivity index (χ1) is 14.7. The Morgan fingerprint density at radius 2 is 1.00 bits per heavy atom. The van der Waals surface area contributed by atoms with Gasteiger partial charge in [0.15, 0.2) is 0 Å². The van der Waals surface area contributed by atoms with Gasteiger partial charge in [-0.05, 0) is 76.7 Å². The molecule has 2 nitrogen and oxygen atoms in total. The van der Waals surface area contributed by atoms with Crippen LogP contribution in [0.4, 0.5) is 0 Å². The number of unbranched alkanes of at least 4 members (excludes halogenated alkanes) is 8. The summed E-state index contributed by atoms with van der Waals surface area (Å²) in [4.78, 5) is 2.81. The van der Waals surface area contributed by atoms with Gasteiger partial charge >= 0.3 is 0 Å². The van der Waals surface area contributed by atoms with Gasteiger partial charge in [0.05, 0.1) is 0 Å². The zero-order valence-electron chi connectivity index (χ0n) is 22.0. The predicted molar refractivity (Wildman–Crippen MR) is 139 cm³/mol. The molecule has 0 aromatic rings. The molecule has 0 amide bonds. The van der Waals surface area contributed by atoms with Crippen LogP contribution in [0.2, 0.25) is 0 Å². The maximum absolute atomic E-state index is 3.88. The van der Waals surface area contributed by atoms with Gasteiger partial charge in [0, 0.05) is 0 Å². The fourth-order valence-corrected chi connectivity index (χ4v) is 4.50. The van der Waals surface area contributed by atoms with Gasteiger partial charge in [-0.25, -0.2) is 0 Å². The molecule has 0 rings (SSSR count). The number of rotatable bonds is 24. The van der Waals surface area contributed by atoms with Gasteiger partial charge in [-0.15, -0.1) is 0 Å². The van der Waals surface area contributed by atoms with Crippen molar-refractivity contribution >= 4 is 0 Å². The Balaban J connectivity index is 4.43. The molecule has 2 heteroatoms. The summed E-state index contributed by atoms with van der Waals surface area (Å²) in [6.07, 6.45) is 22.1. The molecule has 2 atom stereocenters. The lowest BCUT2D eigenvalue weighted by molar-refractivity contribution is 0.233. The SMILES string of the molecule is CCCCCCN(CCCCCC)CCC(CCCC)CNCC(CC)CCCC. The molecule has 0 heterocycles. The molecule has 0 radical (unpaired) electrons. The minimum absolute atomic E-state index is 0.863. The monoisotopic (exact) mass is 424 g/mol. The van der Waals surface area contributed by atoms with Crippen LogP contribution < -0.4 is 5.32 Å². The van der Waals surface area contributed by atoms with Crippen molar-refractivity contribution in [1.29, 1.82) is 0 Å². The summed E-state index contributed by atoms with van der Waals surface area (Å²) in [5, 5.41) is 3.88. The quantitative estimate of drug-likeness (QED) is 0.156. The van der Waals surface area contributed by atoms with E-state index in [2.05, 4.69) is 44.8 Å². The summed E-state index contributed by atoms with van der Waals surface area (Å²) in [6, 6.07) is 0. The molecule has 30 heavy (non-hydrogen) atoms. The lowest BCUT2D eigenvalue weighted by atomic mass is 9.96. The summed E-state index contributed by atoms with van der Waals surface area (Å²) >= 11 is 0. The fraction of sp³-hybridized carbons (Fsp3) is 1.00. The van der Waals surface area contributed by atoms with Crippen LogP contribution in [-0.2, 0) is 0 Å². The van der Waals surface area contributed by atoms with Crippen molar-refractivity contribution in [2.24, 2.45) is 11.8 Å². The number of hydrogen-bond donors (Lipinski definition) is 1. The molecular formula is C28H60N2. The van der Waals surface area contributed by atoms with Crippen LogP contribution in [0.5, 0.6) is 0 Å². The van der Waals surface area contributed by atoms with Crippen LogP contribution in [0, 0.1) is 11.8 Å². The Morgan fingerprint density at radius 1 is 0.500 bits per heavy atom. The van der Waals surface area contributed by atoms with Crippen molar-refractivity contribution in [3.05, 3.63) is 0 Å². The average molecular weight is 425 g/mol. The fourth-order valence-electron chi connectivity index (χ4n) is 4.50. The van der Waals surface area contributed by atoms with Crippen molar-refractivity contribution in [1.82, 2.24) is 10.2 Å². The van der Waals surface area contributed by atoms with E-state index in [1.54, 1.807) is 0 Å². The largest absolute Gasteiger partial charge is 0.316 e. The number of nitrogens with one attached hydrogen (secondary N) is 1. The van der Waals surface area contributed by atoms with Crippen LogP contribution in [0.3, 0.4) is 0 Å². The summed E-state index contributed by atoms with van der Waals surface area (Å²) in [6.45, 7) is 18.1. The van der Waals surface area contributed by atoms with E-state index in [4.69, 9.17) is 0 Å². The first-order valence-corrected chi connectivity index (χ1v) is 14.1. The second kappa shape index (κ2) is 23.6. The summed E-state index contributed by atoms with van der Waals surface area (Å²) < 4.78 is 0. The second-order valence-electron chi connectivity index (χ2n) is 9.83. The second-order valence-corrected chi connectivity index (χ2v) is 9.83. The van der Waals surface area contributed by atoms with E-state index in [0.29, 0.717) is 0 Å². The van der Waals surface area contributed by atoms with Crippen molar-refractivity contribution in [3.8, 4) is 0 Å². The summed E-state index contributed by atoms with van der Waals surface area (Å²) in [5.41, 5.74) is 0. The molecule has 2 unspecified atom stereocenters. The van der Waals surface area contributed by atoms with Gasteiger partial charge in [-0.2, -0.15) is 0 Å². The molecule has 1 N–H and O–H groups in total. The zero-order valence-corrected chi connectivity index (χ0v) is 22.0.